The first kappa shape index (κ1) is 21.9. The molecule has 2 rings (SSSR count). The van der Waals surface area contributed by atoms with Gasteiger partial charge in [0.15, 0.2) is 5.71 Å². The van der Waals surface area contributed by atoms with Crippen LogP contribution in [-0.4, -0.2) is 44.0 Å². The van der Waals surface area contributed by atoms with Crippen molar-refractivity contribution in [3.8, 4) is 11.5 Å². The standard InChI is InChI=1S/C17H16F3NO5S2/c1-25-14-6-2-12(3-7-14)16(17(18,19)20)21-26-28(23,24)11-10-27-15-8-4-13(22)5-9-15/h2-9,22H,10-11H2,1H3. The first-order valence-corrected chi connectivity index (χ1v) is 10.3. The number of benzene rings is 2. The molecule has 0 saturated heterocycles. The number of methoxy groups -OCH3 is 1. The zero-order valence-electron chi connectivity index (χ0n) is 14.5. The average molecular weight is 435 g/mol. The summed E-state index contributed by atoms with van der Waals surface area (Å²) in [6.07, 6.45) is -4.91. The van der Waals surface area contributed by atoms with Crippen molar-refractivity contribution in [3.05, 3.63) is 54.1 Å². The second kappa shape index (κ2) is 9.20. The Balaban J connectivity index is 2.05. The van der Waals surface area contributed by atoms with Crippen LogP contribution in [0.3, 0.4) is 0 Å². The molecule has 0 saturated carbocycles. The summed E-state index contributed by atoms with van der Waals surface area (Å²) >= 11 is 1.14. The van der Waals surface area contributed by atoms with Crippen molar-refractivity contribution >= 4 is 27.6 Å². The van der Waals surface area contributed by atoms with Crippen molar-refractivity contribution in [3.63, 3.8) is 0 Å². The quantitative estimate of drug-likeness (QED) is 0.386. The monoisotopic (exact) mass is 435 g/mol. The van der Waals surface area contributed by atoms with E-state index >= 15 is 0 Å². The van der Waals surface area contributed by atoms with Gasteiger partial charge in [-0.1, -0.05) is 5.16 Å². The van der Waals surface area contributed by atoms with Gasteiger partial charge in [0, 0.05) is 16.2 Å². The molecule has 0 amide bonds. The van der Waals surface area contributed by atoms with Crippen molar-refractivity contribution in [2.24, 2.45) is 5.16 Å². The highest BCUT2D eigenvalue weighted by atomic mass is 32.2. The summed E-state index contributed by atoms with van der Waals surface area (Å²) in [4.78, 5) is 0.686. The van der Waals surface area contributed by atoms with E-state index < -0.39 is 27.8 Å². The number of thioether (sulfide) groups is 1. The van der Waals surface area contributed by atoms with Gasteiger partial charge in [-0.2, -0.15) is 21.6 Å². The highest BCUT2D eigenvalue weighted by Crippen LogP contribution is 2.25. The highest BCUT2D eigenvalue weighted by Gasteiger charge is 2.38. The summed E-state index contributed by atoms with van der Waals surface area (Å²) in [5, 5.41) is 12.0. The van der Waals surface area contributed by atoms with E-state index in [1.165, 1.54) is 31.4 Å². The second-order valence-electron chi connectivity index (χ2n) is 5.34. The Kier molecular flexibility index (Phi) is 7.19. The molecule has 0 aliphatic rings. The van der Waals surface area contributed by atoms with Gasteiger partial charge in [0.05, 0.1) is 12.9 Å². The van der Waals surface area contributed by atoms with Gasteiger partial charge >= 0.3 is 16.3 Å². The van der Waals surface area contributed by atoms with E-state index in [9.17, 15) is 26.7 Å². The van der Waals surface area contributed by atoms with Gasteiger partial charge in [-0.3, -0.25) is 4.28 Å². The molecule has 0 unspecified atom stereocenters. The Bertz CT molecular complexity index is 911. The van der Waals surface area contributed by atoms with Gasteiger partial charge in [0.25, 0.3) is 0 Å². The number of oxime groups is 1. The Morgan fingerprint density at radius 3 is 2.25 bits per heavy atom. The molecule has 0 aliphatic heterocycles. The SMILES string of the molecule is COc1ccc(C(=NOS(=O)(=O)CCSc2ccc(O)cc2)C(F)(F)F)cc1. The molecule has 2 aromatic rings. The molecule has 0 spiro atoms. The molecule has 6 nitrogen and oxygen atoms in total. The predicted octanol–water partition coefficient (Wildman–Crippen LogP) is 3.81. The highest BCUT2D eigenvalue weighted by molar-refractivity contribution is 8.00. The fourth-order valence-corrected chi connectivity index (χ4v) is 3.93. The van der Waals surface area contributed by atoms with Gasteiger partial charge in [-0.15, -0.1) is 11.8 Å². The van der Waals surface area contributed by atoms with E-state index in [1.54, 1.807) is 12.1 Å². The second-order valence-corrected chi connectivity index (χ2v) is 8.19. The molecule has 2 aromatic carbocycles. The van der Waals surface area contributed by atoms with Crippen molar-refractivity contribution in [2.75, 3.05) is 18.6 Å². The van der Waals surface area contributed by atoms with Crippen LogP contribution in [0.15, 0.2) is 58.6 Å². The Labute approximate surface area is 164 Å². The topological polar surface area (TPSA) is 85.2 Å². The molecule has 0 aromatic heterocycles. The molecule has 1 N–H and O–H groups in total. The summed E-state index contributed by atoms with van der Waals surface area (Å²) in [6, 6.07) is 10.8. The van der Waals surface area contributed by atoms with E-state index in [4.69, 9.17) is 4.74 Å². The molecule has 0 fully saturated rings. The summed E-state index contributed by atoms with van der Waals surface area (Å²) in [7, 11) is -2.96. The van der Waals surface area contributed by atoms with Crippen molar-refractivity contribution in [1.29, 1.82) is 0 Å². The normalized spacial score (nSPS) is 12.6. The van der Waals surface area contributed by atoms with E-state index in [0.29, 0.717) is 10.6 Å². The summed E-state index contributed by atoms with van der Waals surface area (Å²) in [5.41, 5.74) is -1.83. The molecular formula is C17H16F3NO5S2. The minimum atomic E-state index is -4.91. The number of alkyl halides is 3. The van der Waals surface area contributed by atoms with Crippen LogP contribution in [0.25, 0.3) is 0 Å². The minimum absolute atomic E-state index is 0.0342. The first-order chi connectivity index (χ1) is 13.1. The lowest BCUT2D eigenvalue weighted by Crippen LogP contribution is -2.25. The molecule has 28 heavy (non-hydrogen) atoms. The molecule has 0 atom stereocenters. The maximum absolute atomic E-state index is 13.2. The third-order valence-corrected chi connectivity index (χ3v) is 5.59. The number of aromatic hydroxyl groups is 1. The van der Waals surface area contributed by atoms with Gasteiger partial charge < -0.3 is 9.84 Å². The Hall–Kier alpha value is -2.40. The third kappa shape index (κ3) is 6.64. The first-order valence-electron chi connectivity index (χ1n) is 7.73. The lowest BCUT2D eigenvalue weighted by Gasteiger charge is -2.11. The zero-order valence-corrected chi connectivity index (χ0v) is 16.1. The summed E-state index contributed by atoms with van der Waals surface area (Å²) in [5.74, 6) is -0.111. The van der Waals surface area contributed by atoms with Crippen molar-refractivity contribution in [1.82, 2.24) is 0 Å². The lowest BCUT2D eigenvalue weighted by molar-refractivity contribution is -0.0597. The number of phenols is 1. The smallest absolute Gasteiger partial charge is 0.437 e. The molecule has 0 aliphatic carbocycles. The minimum Gasteiger partial charge on any atom is -0.508 e. The summed E-state index contributed by atoms with van der Waals surface area (Å²) < 4.78 is 72.5. The number of rotatable bonds is 8. The third-order valence-electron chi connectivity index (χ3n) is 3.31. The van der Waals surface area contributed by atoms with Crippen LogP contribution < -0.4 is 4.74 Å². The van der Waals surface area contributed by atoms with Crippen LogP contribution in [0, 0.1) is 0 Å². The molecule has 152 valence electrons. The maximum Gasteiger partial charge on any atom is 0.437 e. The lowest BCUT2D eigenvalue weighted by atomic mass is 10.1. The van der Waals surface area contributed by atoms with E-state index in [2.05, 4.69) is 9.44 Å². The van der Waals surface area contributed by atoms with Gasteiger partial charge in [0.2, 0.25) is 0 Å². The van der Waals surface area contributed by atoms with Crippen LogP contribution in [0.4, 0.5) is 13.2 Å². The maximum atomic E-state index is 13.2. The van der Waals surface area contributed by atoms with Gasteiger partial charge in [-0.05, 0) is 48.5 Å². The molecule has 11 heteroatoms. The number of hydrogen-bond donors (Lipinski definition) is 1. The number of ether oxygens (including phenoxy) is 1. The Morgan fingerprint density at radius 1 is 1.11 bits per heavy atom. The van der Waals surface area contributed by atoms with Gasteiger partial charge in [0.1, 0.15) is 11.5 Å². The van der Waals surface area contributed by atoms with E-state index in [-0.39, 0.29) is 17.1 Å². The average Bonchev–Trinajstić information content (AvgIpc) is 2.63. The number of nitrogens with zero attached hydrogens (tertiary/aromatic N) is 1. The van der Waals surface area contributed by atoms with E-state index in [1.807, 2.05) is 0 Å². The largest absolute Gasteiger partial charge is 0.508 e. The zero-order chi connectivity index (χ0) is 20.8. The van der Waals surface area contributed by atoms with Crippen molar-refractivity contribution in [2.45, 2.75) is 11.1 Å². The predicted molar refractivity (Wildman–Crippen MR) is 99.3 cm³/mol. The fraction of sp³-hybridized carbons (Fsp3) is 0.235. The molecule has 0 heterocycles. The number of halogens is 3. The number of phenolic OH excluding ortho intramolecular Hbond substituents is 1. The van der Waals surface area contributed by atoms with Crippen LogP contribution in [-0.2, 0) is 14.4 Å². The van der Waals surface area contributed by atoms with Crippen LogP contribution in [0.1, 0.15) is 5.56 Å². The van der Waals surface area contributed by atoms with Gasteiger partial charge in [-0.25, -0.2) is 0 Å². The van der Waals surface area contributed by atoms with Crippen LogP contribution in [0.5, 0.6) is 11.5 Å². The fourth-order valence-electron chi connectivity index (χ4n) is 1.95. The molecular weight excluding hydrogens is 419 g/mol. The van der Waals surface area contributed by atoms with Crippen LogP contribution >= 0.6 is 11.8 Å². The number of hydrogen-bond acceptors (Lipinski definition) is 7. The van der Waals surface area contributed by atoms with Crippen molar-refractivity contribution < 1.29 is 35.7 Å². The van der Waals surface area contributed by atoms with Crippen LogP contribution in [0.2, 0.25) is 0 Å². The summed E-state index contributed by atoms with van der Waals surface area (Å²) in [6.45, 7) is 0. The molecule has 0 bridgehead atoms. The Morgan fingerprint density at radius 2 is 1.71 bits per heavy atom. The van der Waals surface area contributed by atoms with E-state index in [0.717, 1.165) is 23.9 Å². The molecule has 0 radical (unpaired) electrons.